The van der Waals surface area contributed by atoms with Crippen LogP contribution in [-0.2, 0) is 19.3 Å². The van der Waals surface area contributed by atoms with Crippen molar-refractivity contribution < 1.29 is 36.3 Å². The first-order chi connectivity index (χ1) is 22.9. The molecule has 0 radical (unpaired) electrons. The maximum absolute atomic E-state index is 17.0. The van der Waals surface area contributed by atoms with E-state index in [1.165, 1.54) is 30.3 Å². The molecular weight excluding hydrogens is 694 g/mol. The second kappa shape index (κ2) is 13.9. The van der Waals surface area contributed by atoms with E-state index in [1.807, 2.05) is 20.8 Å². The zero-order valence-electron chi connectivity index (χ0n) is 28.3. The predicted molar refractivity (Wildman–Crippen MR) is 189 cm³/mol. The Hall–Kier alpha value is -3.16. The van der Waals surface area contributed by atoms with Gasteiger partial charge in [-0.05, 0) is 87.8 Å². The highest BCUT2D eigenvalue weighted by atomic mass is 35.5. The standard InChI is InChI=1S/C36H41ClF2N2O6S2/c1-34(2,3)47-33(43)41(4)24-16-14-23(15-17-24)40-21-35(37)19-26(25-11-7-8-13-30(25)49(6,44)45)27(20-36(35,39)46-5)31(42)29-18-22-10-9-12-28(38)32(22)48-29/h7-13,18-20,23-24,40H,14-17,21H2,1-6H3. The third-order valence-corrected chi connectivity index (χ3v) is 11.8. The largest absolute Gasteiger partial charge is 0.444 e. The molecule has 1 fully saturated rings. The smallest absolute Gasteiger partial charge is 0.410 e. The maximum Gasteiger partial charge on any atom is 0.410 e. The van der Waals surface area contributed by atoms with E-state index in [-0.39, 0.29) is 49.8 Å². The number of nitrogens with one attached hydrogen (secondary N) is 1. The van der Waals surface area contributed by atoms with Crippen LogP contribution in [0, 0.1) is 5.82 Å². The highest BCUT2D eigenvalue weighted by Gasteiger charge is 2.53. The van der Waals surface area contributed by atoms with Crippen LogP contribution in [0.2, 0.25) is 0 Å². The lowest BCUT2D eigenvalue weighted by molar-refractivity contribution is -0.100. The number of Topliss-reactive ketones (excluding diaryl/α,β-unsaturated/α-hetero) is 1. The van der Waals surface area contributed by atoms with E-state index in [1.54, 1.807) is 36.2 Å². The topological polar surface area (TPSA) is 102 Å². The van der Waals surface area contributed by atoms with E-state index >= 15 is 4.39 Å². The van der Waals surface area contributed by atoms with Crippen molar-refractivity contribution >= 4 is 60.3 Å². The number of hydrogen-bond acceptors (Lipinski definition) is 8. The molecule has 1 amide bonds. The molecule has 49 heavy (non-hydrogen) atoms. The molecule has 8 nitrogen and oxygen atoms in total. The number of carbonyl (C=O) groups is 2. The minimum Gasteiger partial charge on any atom is -0.444 e. The van der Waals surface area contributed by atoms with Crippen molar-refractivity contribution in [1.29, 1.82) is 0 Å². The number of benzene rings is 2. The summed E-state index contributed by atoms with van der Waals surface area (Å²) < 4.78 is 68.6. The van der Waals surface area contributed by atoms with Crippen LogP contribution in [0.3, 0.4) is 0 Å². The Bertz CT molecular complexity index is 1930. The van der Waals surface area contributed by atoms with Crippen LogP contribution in [-0.4, -0.2) is 80.6 Å². The number of halogens is 3. The molecule has 13 heteroatoms. The summed E-state index contributed by atoms with van der Waals surface area (Å²) in [6, 6.07) is 12.1. The molecule has 1 heterocycles. The van der Waals surface area contributed by atoms with Gasteiger partial charge in [0.1, 0.15) is 16.3 Å². The molecule has 2 unspecified atom stereocenters. The summed E-state index contributed by atoms with van der Waals surface area (Å²) in [7, 11) is -0.933. The minimum absolute atomic E-state index is 0.0235. The number of allylic oxidation sites excluding steroid dienone is 2. The Balaban J connectivity index is 1.47. The second-order valence-corrected chi connectivity index (χ2v) is 17.4. The first-order valence-electron chi connectivity index (χ1n) is 16.0. The van der Waals surface area contributed by atoms with Crippen LogP contribution < -0.4 is 5.32 Å². The number of rotatable bonds is 9. The van der Waals surface area contributed by atoms with E-state index in [0.29, 0.717) is 31.1 Å². The van der Waals surface area contributed by atoms with E-state index in [2.05, 4.69) is 5.32 Å². The third kappa shape index (κ3) is 7.78. The fraction of sp³-hybridized carbons (Fsp3) is 0.444. The van der Waals surface area contributed by atoms with Gasteiger partial charge in [0.25, 0.3) is 5.85 Å². The van der Waals surface area contributed by atoms with E-state index < -0.39 is 43.9 Å². The zero-order chi connectivity index (χ0) is 35.9. The average Bonchev–Trinajstić information content (AvgIpc) is 3.49. The summed E-state index contributed by atoms with van der Waals surface area (Å²) in [5.41, 5.74) is -0.476. The summed E-state index contributed by atoms with van der Waals surface area (Å²) in [6.07, 6.45) is 5.74. The molecule has 1 saturated carbocycles. The zero-order valence-corrected chi connectivity index (χ0v) is 30.7. The van der Waals surface area contributed by atoms with Crippen molar-refractivity contribution in [3.05, 3.63) is 82.5 Å². The number of ether oxygens (including phenoxy) is 2. The molecule has 1 N–H and O–H groups in total. The number of thiophene rings is 1. The molecule has 0 saturated heterocycles. The Morgan fingerprint density at radius 1 is 1.08 bits per heavy atom. The van der Waals surface area contributed by atoms with Gasteiger partial charge in [0, 0.05) is 50.2 Å². The summed E-state index contributed by atoms with van der Waals surface area (Å²) >= 11 is 8.06. The van der Waals surface area contributed by atoms with Gasteiger partial charge in [-0.2, -0.15) is 0 Å². The lowest BCUT2D eigenvalue weighted by Gasteiger charge is -2.42. The Kier molecular flexibility index (Phi) is 10.5. The molecule has 2 aromatic carbocycles. The highest BCUT2D eigenvalue weighted by Crippen LogP contribution is 2.47. The number of methoxy groups -OCH3 is 1. The Morgan fingerprint density at radius 2 is 1.76 bits per heavy atom. The molecule has 0 aliphatic heterocycles. The van der Waals surface area contributed by atoms with Gasteiger partial charge in [-0.3, -0.25) is 4.79 Å². The maximum atomic E-state index is 17.0. The first kappa shape index (κ1) is 37.1. The monoisotopic (exact) mass is 734 g/mol. The molecule has 264 valence electrons. The van der Waals surface area contributed by atoms with E-state index in [0.717, 1.165) is 30.8 Å². The quantitative estimate of drug-likeness (QED) is 0.178. The first-order valence-corrected chi connectivity index (χ1v) is 19.0. The number of sulfone groups is 1. The van der Waals surface area contributed by atoms with Crippen molar-refractivity contribution in [2.24, 2.45) is 0 Å². The Morgan fingerprint density at radius 3 is 2.37 bits per heavy atom. The molecule has 5 rings (SSSR count). The number of nitrogens with zero attached hydrogens (tertiary/aromatic N) is 1. The van der Waals surface area contributed by atoms with Gasteiger partial charge < -0.3 is 19.7 Å². The SMILES string of the molecule is COC1(F)C=C(C(=O)c2cc3cccc(F)c3s2)C(c2ccccc2S(C)(=O)=O)=CC1(Cl)CNC1CCC(N(C)C(=O)OC(C)(C)C)CC1. The summed E-state index contributed by atoms with van der Waals surface area (Å²) in [6.45, 7) is 5.32. The number of carbonyl (C=O) groups excluding carboxylic acids is 2. The van der Waals surface area contributed by atoms with Crippen LogP contribution >= 0.6 is 22.9 Å². The van der Waals surface area contributed by atoms with Gasteiger partial charge >= 0.3 is 6.09 Å². The molecular formula is C36H41ClF2N2O6S2. The number of hydrogen-bond donors (Lipinski definition) is 1. The Labute approximate surface area is 295 Å². The second-order valence-electron chi connectivity index (χ2n) is 13.7. The van der Waals surface area contributed by atoms with Gasteiger partial charge in [0.2, 0.25) is 5.78 Å². The molecule has 2 aliphatic rings. The predicted octanol–water partition coefficient (Wildman–Crippen LogP) is 7.71. The lowest BCUT2D eigenvalue weighted by atomic mass is 9.80. The van der Waals surface area contributed by atoms with Crippen LogP contribution in [0.5, 0.6) is 0 Å². The van der Waals surface area contributed by atoms with Crippen molar-refractivity contribution in [2.45, 2.75) is 79.8 Å². The molecule has 3 aromatic rings. The molecule has 2 atom stereocenters. The minimum atomic E-state index is -3.80. The fourth-order valence-electron chi connectivity index (χ4n) is 6.33. The van der Waals surface area contributed by atoms with Gasteiger partial charge in [0.15, 0.2) is 9.84 Å². The summed E-state index contributed by atoms with van der Waals surface area (Å²) in [5.74, 6) is -3.83. The van der Waals surface area contributed by atoms with E-state index in [4.69, 9.17) is 21.1 Å². The number of fused-ring (bicyclic) bond motifs is 1. The van der Waals surface area contributed by atoms with Crippen molar-refractivity contribution in [3.63, 3.8) is 0 Å². The lowest BCUT2D eigenvalue weighted by Crippen LogP contribution is -2.55. The molecule has 0 spiro atoms. The van der Waals surface area contributed by atoms with Crippen molar-refractivity contribution in [1.82, 2.24) is 10.2 Å². The summed E-state index contributed by atoms with van der Waals surface area (Å²) in [5, 5.41) is 3.87. The van der Waals surface area contributed by atoms with Crippen LogP contribution in [0.25, 0.3) is 15.7 Å². The van der Waals surface area contributed by atoms with Crippen molar-refractivity contribution in [3.8, 4) is 0 Å². The number of ketones is 1. The van der Waals surface area contributed by atoms with Crippen LogP contribution in [0.1, 0.15) is 61.7 Å². The van der Waals surface area contributed by atoms with Crippen LogP contribution in [0.15, 0.2) is 71.2 Å². The average molecular weight is 735 g/mol. The van der Waals surface area contributed by atoms with Crippen molar-refractivity contribution in [2.75, 3.05) is 27.0 Å². The van der Waals surface area contributed by atoms with Gasteiger partial charge in [-0.15, -0.1) is 22.9 Å². The number of amides is 1. The van der Waals surface area contributed by atoms with Gasteiger partial charge in [0.05, 0.1) is 14.5 Å². The fourth-order valence-corrected chi connectivity index (χ4v) is 8.57. The van der Waals surface area contributed by atoms with Crippen LogP contribution in [0.4, 0.5) is 13.6 Å². The number of alkyl halides is 2. The molecule has 0 bridgehead atoms. The van der Waals surface area contributed by atoms with Gasteiger partial charge in [-0.25, -0.2) is 22.0 Å². The summed E-state index contributed by atoms with van der Waals surface area (Å²) in [4.78, 5) is 26.5. The highest BCUT2D eigenvalue weighted by molar-refractivity contribution is 7.90. The molecule has 2 aliphatic carbocycles. The third-order valence-electron chi connectivity index (χ3n) is 8.97. The normalized spacial score (nSPS) is 24.7. The molecule has 1 aromatic heterocycles. The van der Waals surface area contributed by atoms with E-state index in [9.17, 15) is 22.4 Å². The van der Waals surface area contributed by atoms with Gasteiger partial charge in [-0.1, -0.05) is 30.3 Å².